The molecule has 1 N–H and O–H groups in total. The lowest BCUT2D eigenvalue weighted by Gasteiger charge is -2.06. The first-order valence-corrected chi connectivity index (χ1v) is 5.67. The molecule has 2 nitrogen and oxygen atoms in total. The van der Waals surface area contributed by atoms with Gasteiger partial charge in [-0.1, -0.05) is 42.0 Å². The van der Waals surface area contributed by atoms with Gasteiger partial charge < -0.3 is 10.1 Å². The molecule has 16 heavy (non-hydrogen) atoms. The summed E-state index contributed by atoms with van der Waals surface area (Å²) in [6.45, 7) is 11.0. The number of rotatable bonds is 7. The Morgan fingerprint density at radius 3 is 2.62 bits per heavy atom. The van der Waals surface area contributed by atoms with Crippen molar-refractivity contribution < 1.29 is 4.74 Å². The largest absolute Gasteiger partial charge is 0.376 e. The Morgan fingerprint density at radius 2 is 2.00 bits per heavy atom. The van der Waals surface area contributed by atoms with Gasteiger partial charge in [0.1, 0.15) is 0 Å². The summed E-state index contributed by atoms with van der Waals surface area (Å²) in [7, 11) is 0. The fraction of sp³-hybridized carbons (Fsp3) is 0.429. The van der Waals surface area contributed by atoms with Crippen molar-refractivity contribution in [3.05, 3.63) is 47.5 Å². The Morgan fingerprint density at radius 1 is 1.31 bits per heavy atom. The van der Waals surface area contributed by atoms with Gasteiger partial charge in [-0.3, -0.25) is 0 Å². The molecule has 88 valence electrons. The third kappa shape index (κ3) is 5.69. The molecule has 0 radical (unpaired) electrons. The lowest BCUT2D eigenvalue weighted by atomic mass is 10.1. The molecule has 1 rings (SSSR count). The van der Waals surface area contributed by atoms with Gasteiger partial charge in [-0.25, -0.2) is 0 Å². The highest BCUT2D eigenvalue weighted by Gasteiger charge is 1.92. The summed E-state index contributed by atoms with van der Waals surface area (Å²) < 4.78 is 5.39. The predicted octanol–water partition coefficient (Wildman–Crippen LogP) is 2.68. The van der Waals surface area contributed by atoms with Gasteiger partial charge in [0, 0.05) is 13.1 Å². The van der Waals surface area contributed by atoms with E-state index < -0.39 is 0 Å². The number of ether oxygens (including phenoxy) is 1. The van der Waals surface area contributed by atoms with Crippen LogP contribution < -0.4 is 5.32 Å². The third-order valence-corrected chi connectivity index (χ3v) is 2.22. The zero-order valence-electron chi connectivity index (χ0n) is 10.3. The van der Waals surface area contributed by atoms with Gasteiger partial charge in [-0.2, -0.15) is 0 Å². The van der Waals surface area contributed by atoms with Crippen LogP contribution in [0.3, 0.4) is 0 Å². The first-order valence-electron chi connectivity index (χ1n) is 5.67. The Hall–Kier alpha value is -1.12. The molecule has 1 aromatic carbocycles. The van der Waals surface area contributed by atoms with E-state index in [0.717, 1.165) is 25.3 Å². The molecule has 0 saturated heterocycles. The van der Waals surface area contributed by atoms with Gasteiger partial charge >= 0.3 is 0 Å². The van der Waals surface area contributed by atoms with Crippen molar-refractivity contribution in [1.82, 2.24) is 5.32 Å². The second-order valence-corrected chi connectivity index (χ2v) is 4.17. The lowest BCUT2D eigenvalue weighted by Crippen LogP contribution is -2.19. The molecular formula is C14H21NO. The molecule has 0 aliphatic rings. The fourth-order valence-corrected chi connectivity index (χ4v) is 1.33. The maximum absolute atomic E-state index is 5.39. The minimum atomic E-state index is 0.659. The van der Waals surface area contributed by atoms with Crippen LogP contribution in [0.1, 0.15) is 18.1 Å². The number of nitrogens with one attached hydrogen (secondary N) is 1. The van der Waals surface area contributed by atoms with E-state index in [1.54, 1.807) is 0 Å². The highest BCUT2D eigenvalue weighted by molar-refractivity contribution is 5.20. The van der Waals surface area contributed by atoms with Crippen molar-refractivity contribution in [3.63, 3.8) is 0 Å². The van der Waals surface area contributed by atoms with E-state index in [-0.39, 0.29) is 0 Å². The van der Waals surface area contributed by atoms with Crippen molar-refractivity contribution in [2.75, 3.05) is 19.8 Å². The molecule has 0 unspecified atom stereocenters. The summed E-state index contributed by atoms with van der Waals surface area (Å²) in [5.74, 6) is 0. The first kappa shape index (κ1) is 12.9. The smallest absolute Gasteiger partial charge is 0.0672 e. The van der Waals surface area contributed by atoms with Crippen LogP contribution in [0.15, 0.2) is 36.4 Å². The van der Waals surface area contributed by atoms with Gasteiger partial charge in [-0.05, 0) is 19.4 Å². The molecule has 0 bridgehead atoms. The summed E-state index contributed by atoms with van der Waals surface area (Å²) in [6, 6.07) is 8.57. The maximum atomic E-state index is 5.39. The van der Waals surface area contributed by atoms with E-state index in [4.69, 9.17) is 4.74 Å². The molecule has 0 heterocycles. The second-order valence-electron chi connectivity index (χ2n) is 4.17. The molecule has 0 aliphatic heterocycles. The van der Waals surface area contributed by atoms with E-state index in [1.807, 2.05) is 6.92 Å². The van der Waals surface area contributed by atoms with Crippen LogP contribution in [0.2, 0.25) is 0 Å². The number of benzene rings is 1. The van der Waals surface area contributed by atoms with E-state index in [0.29, 0.717) is 6.61 Å². The Balaban J connectivity index is 2.07. The van der Waals surface area contributed by atoms with Crippen LogP contribution in [-0.2, 0) is 11.3 Å². The molecule has 0 spiro atoms. The maximum Gasteiger partial charge on any atom is 0.0672 e. The topological polar surface area (TPSA) is 21.3 Å². The van der Waals surface area contributed by atoms with Crippen molar-refractivity contribution in [3.8, 4) is 0 Å². The van der Waals surface area contributed by atoms with Crippen LogP contribution in [-0.4, -0.2) is 19.8 Å². The lowest BCUT2D eigenvalue weighted by molar-refractivity contribution is 0.158. The molecule has 0 saturated carbocycles. The fourth-order valence-electron chi connectivity index (χ4n) is 1.33. The van der Waals surface area contributed by atoms with Crippen molar-refractivity contribution in [2.45, 2.75) is 20.4 Å². The Bertz CT molecular complexity index is 316. The highest BCUT2D eigenvalue weighted by atomic mass is 16.5. The van der Waals surface area contributed by atoms with Gasteiger partial charge in [0.15, 0.2) is 0 Å². The minimum absolute atomic E-state index is 0.659. The molecule has 2 heteroatoms. The molecule has 0 fully saturated rings. The predicted molar refractivity (Wildman–Crippen MR) is 68.5 cm³/mol. The normalized spacial score (nSPS) is 10.4. The van der Waals surface area contributed by atoms with Crippen molar-refractivity contribution in [2.24, 2.45) is 0 Å². The van der Waals surface area contributed by atoms with Gasteiger partial charge in [0.05, 0.1) is 13.2 Å². The molecule has 0 aliphatic carbocycles. The van der Waals surface area contributed by atoms with E-state index in [1.165, 1.54) is 11.1 Å². The SMILES string of the molecule is C=C(C)COCCNCc1ccc(C)cc1. The van der Waals surface area contributed by atoms with Gasteiger partial charge in [0.2, 0.25) is 0 Å². The zero-order valence-corrected chi connectivity index (χ0v) is 10.3. The molecule has 0 aromatic heterocycles. The number of hydrogen-bond acceptors (Lipinski definition) is 2. The average Bonchev–Trinajstić information content (AvgIpc) is 2.25. The summed E-state index contributed by atoms with van der Waals surface area (Å²) in [6.07, 6.45) is 0. The summed E-state index contributed by atoms with van der Waals surface area (Å²) in [4.78, 5) is 0. The molecule has 0 amide bonds. The van der Waals surface area contributed by atoms with Crippen LogP contribution in [0.4, 0.5) is 0 Å². The number of hydrogen-bond donors (Lipinski definition) is 1. The number of aryl methyl sites for hydroxylation is 1. The van der Waals surface area contributed by atoms with E-state index in [9.17, 15) is 0 Å². The third-order valence-electron chi connectivity index (χ3n) is 2.22. The van der Waals surface area contributed by atoms with Crippen LogP contribution in [0.5, 0.6) is 0 Å². The summed E-state index contributed by atoms with van der Waals surface area (Å²) in [5.41, 5.74) is 3.68. The van der Waals surface area contributed by atoms with Crippen LogP contribution >= 0.6 is 0 Å². The van der Waals surface area contributed by atoms with Crippen molar-refractivity contribution in [1.29, 1.82) is 0 Å². The average molecular weight is 219 g/mol. The zero-order chi connectivity index (χ0) is 11.8. The monoisotopic (exact) mass is 219 g/mol. The van der Waals surface area contributed by atoms with E-state index >= 15 is 0 Å². The van der Waals surface area contributed by atoms with Gasteiger partial charge in [0.25, 0.3) is 0 Å². The highest BCUT2D eigenvalue weighted by Crippen LogP contribution is 2.02. The first-order chi connectivity index (χ1) is 7.68. The standard InChI is InChI=1S/C14H21NO/c1-12(2)11-16-9-8-15-10-14-6-4-13(3)5-7-14/h4-7,15H,1,8-11H2,2-3H3. The Kier molecular flexibility index (Phi) is 5.83. The second kappa shape index (κ2) is 7.20. The molecule has 0 atom stereocenters. The van der Waals surface area contributed by atoms with Crippen LogP contribution in [0.25, 0.3) is 0 Å². The molecular weight excluding hydrogens is 198 g/mol. The Labute approximate surface area is 98.3 Å². The summed E-state index contributed by atoms with van der Waals surface area (Å²) in [5, 5.41) is 3.34. The minimum Gasteiger partial charge on any atom is -0.376 e. The van der Waals surface area contributed by atoms with E-state index in [2.05, 4.69) is 43.1 Å². The quantitative estimate of drug-likeness (QED) is 0.562. The molecule has 1 aromatic rings. The van der Waals surface area contributed by atoms with Crippen LogP contribution in [0, 0.1) is 6.92 Å². The van der Waals surface area contributed by atoms with Gasteiger partial charge in [-0.15, -0.1) is 0 Å². The van der Waals surface area contributed by atoms with Crippen molar-refractivity contribution >= 4 is 0 Å². The summed E-state index contributed by atoms with van der Waals surface area (Å²) >= 11 is 0.